The molecule has 0 N–H and O–H groups in total. The van der Waals surface area contributed by atoms with Crippen molar-refractivity contribution in [3.8, 4) is 0 Å². The largest absolute Gasteiger partial charge is 0.550 e. The highest BCUT2D eigenvalue weighted by Crippen LogP contribution is 2.09. The SMILES string of the molecule is CCCCCCCC[n+]1cccc(CC(=O)[O-])c1CCC. The summed E-state index contributed by atoms with van der Waals surface area (Å²) in [5.41, 5.74) is 2.07. The number of carboxylic acids is 1. The number of rotatable bonds is 11. The highest BCUT2D eigenvalue weighted by Gasteiger charge is 2.14. The highest BCUT2D eigenvalue weighted by molar-refractivity contribution is 5.68. The second-order valence-corrected chi connectivity index (χ2v) is 5.74. The second-order valence-electron chi connectivity index (χ2n) is 5.74. The van der Waals surface area contributed by atoms with Crippen LogP contribution in [0.4, 0.5) is 0 Å². The van der Waals surface area contributed by atoms with E-state index in [0.29, 0.717) is 0 Å². The van der Waals surface area contributed by atoms with Crippen LogP contribution in [0, 0.1) is 0 Å². The number of aromatic nitrogens is 1. The fourth-order valence-corrected chi connectivity index (χ4v) is 2.76. The molecule has 0 radical (unpaired) electrons. The third-order valence-corrected chi connectivity index (χ3v) is 3.85. The molecule has 0 bridgehead atoms. The van der Waals surface area contributed by atoms with Gasteiger partial charge in [-0.3, -0.25) is 0 Å². The van der Waals surface area contributed by atoms with Crippen LogP contribution < -0.4 is 9.67 Å². The number of carboxylic acid groups (broad SMARTS) is 1. The van der Waals surface area contributed by atoms with Crippen LogP contribution in [0.2, 0.25) is 0 Å². The van der Waals surface area contributed by atoms with E-state index in [1.807, 2.05) is 12.1 Å². The molecule has 1 aromatic heterocycles. The summed E-state index contributed by atoms with van der Waals surface area (Å²) in [6.45, 7) is 5.35. The number of pyridine rings is 1. The smallest absolute Gasteiger partial charge is 0.184 e. The monoisotopic (exact) mass is 291 g/mol. The van der Waals surface area contributed by atoms with Gasteiger partial charge in [0.2, 0.25) is 0 Å². The third-order valence-electron chi connectivity index (χ3n) is 3.85. The molecule has 0 amide bonds. The highest BCUT2D eigenvalue weighted by atomic mass is 16.4. The van der Waals surface area contributed by atoms with Gasteiger partial charge in [0, 0.05) is 36.9 Å². The number of carbonyl (C=O) groups is 1. The van der Waals surface area contributed by atoms with Gasteiger partial charge in [-0.1, -0.05) is 39.5 Å². The van der Waals surface area contributed by atoms with Crippen molar-refractivity contribution in [3.05, 3.63) is 29.6 Å². The first-order valence-electron chi connectivity index (χ1n) is 8.39. The molecule has 0 saturated heterocycles. The predicted octanol–water partition coefficient (Wildman–Crippen LogP) is 2.58. The number of carbonyl (C=O) groups excluding carboxylic acids is 1. The van der Waals surface area contributed by atoms with E-state index in [1.165, 1.54) is 38.5 Å². The summed E-state index contributed by atoms with van der Waals surface area (Å²) in [4.78, 5) is 10.9. The number of aryl methyl sites for hydroxylation is 1. The molecule has 0 aliphatic carbocycles. The molecule has 1 aromatic rings. The van der Waals surface area contributed by atoms with Gasteiger partial charge in [0.15, 0.2) is 11.9 Å². The predicted molar refractivity (Wildman–Crippen MR) is 82.7 cm³/mol. The minimum absolute atomic E-state index is 0.0205. The van der Waals surface area contributed by atoms with Gasteiger partial charge in [0.1, 0.15) is 6.54 Å². The van der Waals surface area contributed by atoms with Gasteiger partial charge in [-0.05, 0) is 18.9 Å². The van der Waals surface area contributed by atoms with Crippen molar-refractivity contribution < 1.29 is 14.5 Å². The Morgan fingerprint density at radius 3 is 2.48 bits per heavy atom. The molecule has 21 heavy (non-hydrogen) atoms. The first-order valence-corrected chi connectivity index (χ1v) is 8.39. The lowest BCUT2D eigenvalue weighted by Gasteiger charge is -2.09. The number of hydrogen-bond donors (Lipinski definition) is 0. The Labute approximate surface area is 129 Å². The molecule has 0 saturated carbocycles. The molecular weight excluding hydrogens is 262 g/mol. The Kier molecular flexibility index (Phi) is 8.72. The number of hydrogen-bond acceptors (Lipinski definition) is 2. The molecule has 1 heterocycles. The van der Waals surface area contributed by atoms with Crippen LogP contribution in [0.25, 0.3) is 0 Å². The zero-order valence-corrected chi connectivity index (χ0v) is 13.6. The summed E-state index contributed by atoms with van der Waals surface area (Å²) in [5, 5.41) is 10.9. The Balaban J connectivity index is 2.61. The third kappa shape index (κ3) is 6.74. The van der Waals surface area contributed by atoms with Gasteiger partial charge in [0.25, 0.3) is 0 Å². The zero-order valence-electron chi connectivity index (χ0n) is 13.6. The standard InChI is InChI=1S/C18H29NO2/c1-3-5-6-7-8-9-13-19-14-10-12-16(15-18(20)21)17(19)11-4-2/h10,12,14H,3-9,11,13,15H2,1-2H3. The zero-order chi connectivity index (χ0) is 15.5. The normalized spacial score (nSPS) is 10.8. The number of nitrogens with zero attached hydrogens (tertiary/aromatic N) is 1. The fourth-order valence-electron chi connectivity index (χ4n) is 2.76. The number of unbranched alkanes of at least 4 members (excludes halogenated alkanes) is 5. The second kappa shape index (κ2) is 10.4. The van der Waals surface area contributed by atoms with E-state index in [-0.39, 0.29) is 6.42 Å². The van der Waals surface area contributed by atoms with Crippen molar-refractivity contribution in [1.82, 2.24) is 0 Å². The molecular formula is C18H29NO2. The Bertz CT molecular complexity index is 429. The van der Waals surface area contributed by atoms with E-state index >= 15 is 0 Å². The van der Waals surface area contributed by atoms with E-state index < -0.39 is 5.97 Å². The fraction of sp³-hybridized carbons (Fsp3) is 0.667. The Morgan fingerprint density at radius 2 is 1.81 bits per heavy atom. The maximum absolute atomic E-state index is 10.9. The van der Waals surface area contributed by atoms with Crippen LogP contribution in [-0.2, 0) is 24.2 Å². The van der Waals surface area contributed by atoms with Gasteiger partial charge < -0.3 is 9.90 Å². The molecule has 1 rings (SSSR count). The number of aliphatic carboxylic acids is 1. The summed E-state index contributed by atoms with van der Waals surface area (Å²) in [6.07, 6.45) is 11.7. The Hall–Kier alpha value is -1.38. The van der Waals surface area contributed by atoms with Crippen LogP contribution >= 0.6 is 0 Å². The topological polar surface area (TPSA) is 44.0 Å². The lowest BCUT2D eigenvalue weighted by atomic mass is 10.1. The van der Waals surface area contributed by atoms with Crippen molar-refractivity contribution in [3.63, 3.8) is 0 Å². The van der Waals surface area contributed by atoms with Gasteiger partial charge >= 0.3 is 0 Å². The molecule has 0 atom stereocenters. The van der Waals surface area contributed by atoms with E-state index in [4.69, 9.17) is 0 Å². The van der Waals surface area contributed by atoms with E-state index in [0.717, 1.165) is 30.6 Å². The average molecular weight is 291 g/mol. The molecule has 3 nitrogen and oxygen atoms in total. The maximum atomic E-state index is 10.9. The van der Waals surface area contributed by atoms with Crippen LogP contribution in [0.3, 0.4) is 0 Å². The lowest BCUT2D eigenvalue weighted by molar-refractivity contribution is -0.705. The lowest BCUT2D eigenvalue weighted by Crippen LogP contribution is -2.40. The van der Waals surface area contributed by atoms with Crippen molar-refractivity contribution in [1.29, 1.82) is 0 Å². The van der Waals surface area contributed by atoms with Crippen LogP contribution in [-0.4, -0.2) is 5.97 Å². The first kappa shape index (κ1) is 17.7. The van der Waals surface area contributed by atoms with Crippen molar-refractivity contribution in [2.75, 3.05) is 0 Å². The molecule has 118 valence electrons. The molecule has 3 heteroatoms. The van der Waals surface area contributed by atoms with E-state index in [1.54, 1.807) is 0 Å². The quantitative estimate of drug-likeness (QED) is 0.464. The maximum Gasteiger partial charge on any atom is 0.184 e. The molecule has 0 unspecified atom stereocenters. The van der Waals surface area contributed by atoms with Crippen LogP contribution in [0.5, 0.6) is 0 Å². The molecule has 0 spiro atoms. The minimum atomic E-state index is -0.996. The summed E-state index contributed by atoms with van der Waals surface area (Å²) in [6, 6.07) is 3.87. The van der Waals surface area contributed by atoms with E-state index in [9.17, 15) is 9.90 Å². The molecule has 0 aliphatic rings. The van der Waals surface area contributed by atoms with Crippen LogP contribution in [0.1, 0.15) is 70.1 Å². The van der Waals surface area contributed by atoms with Crippen LogP contribution in [0.15, 0.2) is 18.3 Å². The summed E-state index contributed by atoms with van der Waals surface area (Å²) < 4.78 is 2.24. The van der Waals surface area contributed by atoms with E-state index in [2.05, 4.69) is 24.6 Å². The molecule has 0 aliphatic heterocycles. The van der Waals surface area contributed by atoms with Crippen molar-refractivity contribution in [2.24, 2.45) is 0 Å². The average Bonchev–Trinajstić information content (AvgIpc) is 2.45. The van der Waals surface area contributed by atoms with Gasteiger partial charge in [-0.2, -0.15) is 0 Å². The molecule has 0 fully saturated rings. The summed E-state index contributed by atoms with van der Waals surface area (Å²) in [7, 11) is 0. The van der Waals surface area contributed by atoms with Gasteiger partial charge in [0.05, 0.1) is 0 Å². The minimum Gasteiger partial charge on any atom is -0.550 e. The molecule has 0 aromatic carbocycles. The Morgan fingerprint density at radius 1 is 1.10 bits per heavy atom. The van der Waals surface area contributed by atoms with Gasteiger partial charge in [-0.15, -0.1) is 0 Å². The summed E-state index contributed by atoms with van der Waals surface area (Å²) in [5.74, 6) is -0.996. The van der Waals surface area contributed by atoms with Crippen molar-refractivity contribution >= 4 is 5.97 Å². The van der Waals surface area contributed by atoms with Crippen molar-refractivity contribution in [2.45, 2.75) is 78.2 Å². The first-order chi connectivity index (χ1) is 10.2. The van der Waals surface area contributed by atoms with Gasteiger partial charge in [-0.25, -0.2) is 4.57 Å². The summed E-state index contributed by atoms with van der Waals surface area (Å²) >= 11 is 0.